The van der Waals surface area contributed by atoms with Crippen molar-refractivity contribution in [2.24, 2.45) is 0 Å². The van der Waals surface area contributed by atoms with Gasteiger partial charge < -0.3 is 5.11 Å². The highest BCUT2D eigenvalue weighted by molar-refractivity contribution is 5.87. The summed E-state index contributed by atoms with van der Waals surface area (Å²) in [5.41, 5.74) is 1.49. The van der Waals surface area contributed by atoms with Gasteiger partial charge in [0.25, 0.3) is 5.82 Å². The highest BCUT2D eigenvalue weighted by Gasteiger charge is 2.17. The van der Waals surface area contributed by atoms with Crippen molar-refractivity contribution in [2.75, 3.05) is 0 Å². The Bertz CT molecular complexity index is 719. The van der Waals surface area contributed by atoms with Crippen molar-refractivity contribution in [1.82, 2.24) is 4.57 Å². The molecule has 0 spiro atoms. The molecule has 2 aromatic rings. The maximum absolute atomic E-state index is 11.1. The molecule has 0 radical (unpaired) electrons. The van der Waals surface area contributed by atoms with Gasteiger partial charge in [-0.1, -0.05) is 77.3 Å². The van der Waals surface area contributed by atoms with E-state index in [0.29, 0.717) is 5.56 Å². The summed E-state index contributed by atoms with van der Waals surface area (Å²) in [5, 5.41) is 9.09. The number of imidazole rings is 1. The maximum atomic E-state index is 11.1. The Labute approximate surface area is 176 Å². The van der Waals surface area contributed by atoms with Gasteiger partial charge in [-0.3, -0.25) is 0 Å². The van der Waals surface area contributed by atoms with Crippen LogP contribution < -0.4 is 4.57 Å². The fraction of sp³-hybridized carbons (Fsp3) is 0.600. The third-order valence-corrected chi connectivity index (χ3v) is 5.65. The van der Waals surface area contributed by atoms with Crippen LogP contribution in [0.15, 0.2) is 36.7 Å². The van der Waals surface area contributed by atoms with E-state index in [0.717, 1.165) is 25.1 Å². The zero-order chi connectivity index (χ0) is 20.9. The second kappa shape index (κ2) is 13.2. The summed E-state index contributed by atoms with van der Waals surface area (Å²) in [4.78, 5) is 11.1. The number of nitrogens with zero attached hydrogens (tertiary/aromatic N) is 2. The summed E-state index contributed by atoms with van der Waals surface area (Å²) in [6, 6.07) is 7.26. The van der Waals surface area contributed by atoms with Crippen LogP contribution >= 0.6 is 0 Å². The lowest BCUT2D eigenvalue weighted by Gasteiger charge is -2.07. The summed E-state index contributed by atoms with van der Waals surface area (Å²) in [5.74, 6) is 0.525. The predicted octanol–water partition coefficient (Wildman–Crippen LogP) is 6.01. The van der Waals surface area contributed by atoms with Gasteiger partial charge in [-0.05, 0) is 30.5 Å². The molecule has 160 valence electrons. The normalized spacial score (nSPS) is 11.1. The van der Waals surface area contributed by atoms with E-state index in [-0.39, 0.29) is 0 Å². The number of benzene rings is 1. The molecule has 0 saturated carbocycles. The molecule has 0 fully saturated rings. The van der Waals surface area contributed by atoms with Crippen molar-refractivity contribution >= 4 is 5.97 Å². The molecule has 4 heteroatoms. The summed E-state index contributed by atoms with van der Waals surface area (Å²) in [6.45, 7) is 6.38. The summed E-state index contributed by atoms with van der Waals surface area (Å²) in [6.07, 6.45) is 18.6. The number of hydrogen-bond acceptors (Lipinski definition) is 1. The molecule has 0 atom stereocenters. The molecule has 4 nitrogen and oxygen atoms in total. The average molecular weight is 400 g/mol. The van der Waals surface area contributed by atoms with Gasteiger partial charge in [-0.15, -0.1) is 0 Å². The second-order valence-corrected chi connectivity index (χ2v) is 8.12. The number of rotatable bonds is 15. The smallest absolute Gasteiger partial charge is 0.335 e. The lowest BCUT2D eigenvalue weighted by Crippen LogP contribution is -2.38. The molecular weight excluding hydrogens is 360 g/mol. The molecule has 1 heterocycles. The van der Waals surface area contributed by atoms with E-state index in [1.54, 1.807) is 12.1 Å². The summed E-state index contributed by atoms with van der Waals surface area (Å²) >= 11 is 0. The van der Waals surface area contributed by atoms with Crippen LogP contribution in [0.5, 0.6) is 0 Å². The Morgan fingerprint density at radius 2 is 1.52 bits per heavy atom. The van der Waals surface area contributed by atoms with Gasteiger partial charge in [0.15, 0.2) is 0 Å². The van der Waals surface area contributed by atoms with Gasteiger partial charge in [0, 0.05) is 6.42 Å². The van der Waals surface area contributed by atoms with Crippen molar-refractivity contribution in [1.29, 1.82) is 0 Å². The molecule has 1 aromatic heterocycles. The molecule has 0 aliphatic heterocycles. The third kappa shape index (κ3) is 8.04. The van der Waals surface area contributed by atoms with E-state index in [1.807, 2.05) is 12.1 Å². The molecule has 0 aliphatic carbocycles. The quantitative estimate of drug-likeness (QED) is 0.295. The first-order valence-corrected chi connectivity index (χ1v) is 11.5. The fourth-order valence-corrected chi connectivity index (χ4v) is 3.83. The van der Waals surface area contributed by atoms with Gasteiger partial charge in [-0.25, -0.2) is 13.9 Å². The van der Waals surface area contributed by atoms with Crippen molar-refractivity contribution < 1.29 is 14.5 Å². The number of carboxylic acid groups (broad SMARTS) is 1. The topological polar surface area (TPSA) is 46.1 Å². The van der Waals surface area contributed by atoms with Crippen LogP contribution in [0, 0.1) is 0 Å². The average Bonchev–Trinajstić information content (AvgIpc) is 3.10. The molecule has 0 unspecified atom stereocenters. The van der Waals surface area contributed by atoms with Gasteiger partial charge in [-0.2, -0.15) is 0 Å². The van der Waals surface area contributed by atoms with E-state index in [9.17, 15) is 4.79 Å². The molecule has 2 rings (SSSR count). The van der Waals surface area contributed by atoms with Gasteiger partial charge in [0.2, 0.25) is 0 Å². The van der Waals surface area contributed by atoms with Gasteiger partial charge >= 0.3 is 5.97 Å². The Hall–Kier alpha value is -2.10. The Morgan fingerprint density at radius 1 is 0.897 bits per heavy atom. The van der Waals surface area contributed by atoms with E-state index in [2.05, 4.69) is 35.4 Å². The maximum Gasteiger partial charge on any atom is 0.335 e. The first-order valence-electron chi connectivity index (χ1n) is 11.5. The monoisotopic (exact) mass is 399 g/mol. The Morgan fingerprint density at radius 3 is 2.14 bits per heavy atom. The van der Waals surface area contributed by atoms with Crippen molar-refractivity contribution in [3.63, 3.8) is 0 Å². The number of aromatic carboxylic acids is 1. The Balaban J connectivity index is 1.93. The molecular formula is C25H39N2O2+. The van der Waals surface area contributed by atoms with E-state index >= 15 is 0 Å². The van der Waals surface area contributed by atoms with Crippen LogP contribution in [0.2, 0.25) is 0 Å². The van der Waals surface area contributed by atoms with Crippen LogP contribution in [0.25, 0.3) is 0 Å². The largest absolute Gasteiger partial charge is 0.478 e. The number of unbranched alkanes of at least 4 members (excludes halogenated alkanes) is 8. The molecule has 0 aliphatic rings. The number of hydrogen-bond donors (Lipinski definition) is 1. The molecule has 0 amide bonds. The molecule has 0 saturated heterocycles. The zero-order valence-electron chi connectivity index (χ0n) is 18.4. The first-order chi connectivity index (χ1) is 14.2. The van der Waals surface area contributed by atoms with Crippen LogP contribution in [0.3, 0.4) is 0 Å². The van der Waals surface area contributed by atoms with Crippen molar-refractivity contribution in [3.05, 3.63) is 53.6 Å². The minimum absolute atomic E-state index is 0.346. The van der Waals surface area contributed by atoms with Gasteiger partial charge in [0.05, 0.1) is 12.1 Å². The number of aryl methyl sites for hydroxylation is 1. The number of carbonyl (C=O) groups is 1. The van der Waals surface area contributed by atoms with Crippen molar-refractivity contribution in [2.45, 2.75) is 97.6 Å². The van der Waals surface area contributed by atoms with Crippen LogP contribution in [0.4, 0.5) is 0 Å². The summed E-state index contributed by atoms with van der Waals surface area (Å²) in [7, 11) is 0. The fourth-order valence-electron chi connectivity index (χ4n) is 3.83. The molecule has 29 heavy (non-hydrogen) atoms. The highest BCUT2D eigenvalue weighted by atomic mass is 16.4. The number of aromatic nitrogens is 2. The van der Waals surface area contributed by atoms with Crippen molar-refractivity contribution in [3.8, 4) is 0 Å². The standard InChI is InChI=1S/C25H38N2O2/c1-3-5-7-8-9-10-11-12-13-24-26(18-6-4-2)19-20-27(24)21-22-14-16-23(17-15-22)25(28)29/h14-17,19-20H,3-13,18,21H2,1-2H3/p+1. The van der Waals surface area contributed by atoms with Crippen LogP contribution in [-0.4, -0.2) is 15.6 Å². The third-order valence-electron chi connectivity index (χ3n) is 5.65. The zero-order valence-corrected chi connectivity index (χ0v) is 18.4. The summed E-state index contributed by atoms with van der Waals surface area (Å²) < 4.78 is 4.75. The van der Waals surface area contributed by atoms with E-state index in [1.165, 1.54) is 70.0 Å². The minimum Gasteiger partial charge on any atom is -0.478 e. The van der Waals surface area contributed by atoms with Crippen LogP contribution in [-0.2, 0) is 19.5 Å². The molecule has 1 aromatic carbocycles. The minimum atomic E-state index is -0.870. The van der Waals surface area contributed by atoms with Gasteiger partial charge in [0.1, 0.15) is 18.9 Å². The highest BCUT2D eigenvalue weighted by Crippen LogP contribution is 2.12. The predicted molar refractivity (Wildman–Crippen MR) is 118 cm³/mol. The molecule has 0 bridgehead atoms. The van der Waals surface area contributed by atoms with E-state index < -0.39 is 5.97 Å². The second-order valence-electron chi connectivity index (χ2n) is 8.12. The lowest BCUT2D eigenvalue weighted by atomic mass is 10.1. The SMILES string of the molecule is CCCCCCCCCCc1n(CCCC)cc[n+]1Cc1ccc(C(=O)O)cc1. The lowest BCUT2D eigenvalue weighted by molar-refractivity contribution is -0.695. The Kier molecular flexibility index (Phi) is 10.5. The number of carboxylic acids is 1. The molecule has 1 N–H and O–H groups in total. The van der Waals surface area contributed by atoms with Crippen LogP contribution in [0.1, 0.15) is 99.8 Å². The van der Waals surface area contributed by atoms with E-state index in [4.69, 9.17) is 5.11 Å². The first kappa shape index (κ1) is 23.2.